The van der Waals surface area contributed by atoms with Crippen molar-refractivity contribution < 1.29 is 0 Å². The number of hydrogen-bond acceptors (Lipinski definition) is 2. The van der Waals surface area contributed by atoms with Crippen LogP contribution in [0.15, 0.2) is 39.7 Å². The molecular weight excluding hydrogens is 244 g/mol. The molecule has 2 aromatic heterocycles. The van der Waals surface area contributed by atoms with Gasteiger partial charge in [-0.15, -0.1) is 0 Å². The van der Waals surface area contributed by atoms with Crippen molar-refractivity contribution in [3.63, 3.8) is 0 Å². The van der Waals surface area contributed by atoms with E-state index < -0.39 is 0 Å². The van der Waals surface area contributed by atoms with Crippen LogP contribution >= 0.6 is 15.9 Å². The summed E-state index contributed by atoms with van der Waals surface area (Å²) < 4.78 is 2.47. The fraction of sp³-hybridized carbons (Fsp3) is 0.100. The molecule has 0 saturated heterocycles. The third-order valence-electron chi connectivity index (χ3n) is 2.13. The second-order valence-corrected chi connectivity index (χ2v) is 3.92. The normalized spacial score (nSPS) is 10.7. The van der Waals surface area contributed by atoms with E-state index in [2.05, 4.69) is 15.9 Å². The van der Waals surface area contributed by atoms with Crippen LogP contribution < -0.4 is 11.3 Å². The topological polar surface area (TPSA) is 47.5 Å². The number of rotatable bonds is 1. The highest BCUT2D eigenvalue weighted by molar-refractivity contribution is 9.10. The summed E-state index contributed by atoms with van der Waals surface area (Å²) in [5, 5.41) is 0. The molecule has 0 aliphatic heterocycles. The smallest absolute Gasteiger partial charge is 0.255 e. The molecule has 14 heavy (non-hydrogen) atoms. The Morgan fingerprint density at radius 2 is 2.07 bits per heavy atom. The summed E-state index contributed by atoms with van der Waals surface area (Å²) in [6.45, 7) is 0.436. The van der Waals surface area contributed by atoms with E-state index in [-0.39, 0.29) is 5.56 Å². The predicted molar refractivity (Wildman–Crippen MR) is 59.3 cm³/mol. The molecule has 3 nitrogen and oxygen atoms in total. The van der Waals surface area contributed by atoms with Crippen molar-refractivity contribution in [2.75, 3.05) is 0 Å². The first kappa shape index (κ1) is 9.43. The van der Waals surface area contributed by atoms with Gasteiger partial charge in [-0.25, -0.2) is 0 Å². The van der Waals surface area contributed by atoms with Crippen LogP contribution in [0.4, 0.5) is 0 Å². The van der Waals surface area contributed by atoms with Gasteiger partial charge in [0.1, 0.15) is 0 Å². The summed E-state index contributed by atoms with van der Waals surface area (Å²) in [4.78, 5) is 11.5. The Bertz CT molecular complexity index is 533. The lowest BCUT2D eigenvalue weighted by Crippen LogP contribution is -2.14. The molecule has 2 N–H and O–H groups in total. The third-order valence-corrected chi connectivity index (χ3v) is 2.59. The first-order valence-corrected chi connectivity index (χ1v) is 5.01. The summed E-state index contributed by atoms with van der Waals surface area (Å²) in [5.74, 6) is 0. The Morgan fingerprint density at radius 3 is 2.79 bits per heavy atom. The first-order valence-electron chi connectivity index (χ1n) is 4.22. The van der Waals surface area contributed by atoms with Gasteiger partial charge in [0, 0.05) is 23.3 Å². The Kier molecular flexibility index (Phi) is 2.39. The number of nitrogens with zero attached hydrogens (tertiary/aromatic N) is 1. The van der Waals surface area contributed by atoms with Crippen molar-refractivity contribution in [3.8, 4) is 0 Å². The highest BCUT2D eigenvalue weighted by atomic mass is 79.9. The van der Waals surface area contributed by atoms with E-state index in [1.165, 1.54) is 6.07 Å². The van der Waals surface area contributed by atoms with Crippen LogP contribution in [-0.4, -0.2) is 4.40 Å². The van der Waals surface area contributed by atoms with Crippen LogP contribution in [0.3, 0.4) is 0 Å². The van der Waals surface area contributed by atoms with Gasteiger partial charge in [-0.1, -0.05) is 6.07 Å². The molecule has 0 saturated carbocycles. The maximum Gasteiger partial charge on any atom is 0.255 e. The van der Waals surface area contributed by atoms with Crippen molar-refractivity contribution in [2.24, 2.45) is 5.73 Å². The average molecular weight is 253 g/mol. The Hall–Kier alpha value is -1.13. The summed E-state index contributed by atoms with van der Waals surface area (Å²) >= 11 is 3.32. The van der Waals surface area contributed by atoms with Gasteiger partial charge in [0.15, 0.2) is 0 Å². The SMILES string of the molecule is NCc1ccc(=O)n2cc(Br)ccc12. The summed E-state index contributed by atoms with van der Waals surface area (Å²) in [7, 11) is 0. The lowest BCUT2D eigenvalue weighted by atomic mass is 10.2. The lowest BCUT2D eigenvalue weighted by molar-refractivity contribution is 1.02. The number of halogens is 1. The molecule has 72 valence electrons. The minimum Gasteiger partial charge on any atom is -0.326 e. The minimum atomic E-state index is -0.0431. The van der Waals surface area contributed by atoms with E-state index in [0.717, 1.165) is 15.6 Å². The van der Waals surface area contributed by atoms with Crippen LogP contribution in [-0.2, 0) is 6.54 Å². The largest absolute Gasteiger partial charge is 0.326 e. The van der Waals surface area contributed by atoms with E-state index >= 15 is 0 Å². The van der Waals surface area contributed by atoms with Gasteiger partial charge >= 0.3 is 0 Å². The Labute approximate surface area is 89.3 Å². The zero-order chi connectivity index (χ0) is 10.1. The van der Waals surface area contributed by atoms with Gasteiger partial charge in [0.2, 0.25) is 0 Å². The monoisotopic (exact) mass is 252 g/mol. The van der Waals surface area contributed by atoms with Gasteiger partial charge in [0.25, 0.3) is 5.56 Å². The zero-order valence-corrected chi connectivity index (χ0v) is 8.99. The number of hydrogen-bond donors (Lipinski definition) is 1. The van der Waals surface area contributed by atoms with Crippen LogP contribution in [0.25, 0.3) is 5.52 Å². The Morgan fingerprint density at radius 1 is 1.29 bits per heavy atom. The summed E-state index contributed by atoms with van der Waals surface area (Å²) in [6.07, 6.45) is 1.75. The molecule has 0 aliphatic carbocycles. The molecule has 0 amide bonds. The maximum atomic E-state index is 11.5. The van der Waals surface area contributed by atoms with Gasteiger partial charge < -0.3 is 5.73 Å². The maximum absolute atomic E-state index is 11.5. The first-order chi connectivity index (χ1) is 6.72. The molecule has 2 heterocycles. The van der Waals surface area contributed by atoms with Gasteiger partial charge in [-0.05, 0) is 33.6 Å². The highest BCUT2D eigenvalue weighted by Crippen LogP contribution is 2.13. The van der Waals surface area contributed by atoms with E-state index in [1.54, 1.807) is 16.7 Å². The molecule has 0 fully saturated rings. The van der Waals surface area contributed by atoms with Crippen LogP contribution in [0.2, 0.25) is 0 Å². The third kappa shape index (κ3) is 1.47. The van der Waals surface area contributed by atoms with Crippen molar-refractivity contribution in [1.29, 1.82) is 0 Å². The second kappa shape index (κ2) is 3.55. The van der Waals surface area contributed by atoms with Crippen LogP contribution in [0.1, 0.15) is 5.56 Å². The van der Waals surface area contributed by atoms with E-state index in [0.29, 0.717) is 6.54 Å². The van der Waals surface area contributed by atoms with Crippen LogP contribution in [0, 0.1) is 0 Å². The molecule has 2 aromatic rings. The van der Waals surface area contributed by atoms with Gasteiger partial charge in [-0.2, -0.15) is 0 Å². The molecular formula is C10H9BrN2O. The fourth-order valence-corrected chi connectivity index (χ4v) is 1.77. The van der Waals surface area contributed by atoms with Gasteiger partial charge in [0.05, 0.1) is 5.52 Å². The summed E-state index contributed by atoms with van der Waals surface area (Å²) in [6, 6.07) is 7.08. The lowest BCUT2D eigenvalue weighted by Gasteiger charge is -2.05. The molecule has 0 aliphatic rings. The van der Waals surface area contributed by atoms with E-state index in [4.69, 9.17) is 5.73 Å². The van der Waals surface area contributed by atoms with E-state index in [9.17, 15) is 4.79 Å². The average Bonchev–Trinajstić information content (AvgIpc) is 2.19. The highest BCUT2D eigenvalue weighted by Gasteiger charge is 2.01. The molecule has 0 atom stereocenters. The molecule has 0 radical (unpaired) electrons. The van der Waals surface area contributed by atoms with Crippen molar-refractivity contribution in [1.82, 2.24) is 4.40 Å². The molecule has 0 spiro atoms. The zero-order valence-electron chi connectivity index (χ0n) is 7.40. The molecule has 4 heteroatoms. The summed E-state index contributed by atoms with van der Waals surface area (Å²) in [5.41, 5.74) is 7.37. The molecule has 2 rings (SSSR count). The number of aromatic nitrogens is 1. The van der Waals surface area contributed by atoms with Gasteiger partial charge in [-0.3, -0.25) is 9.20 Å². The predicted octanol–water partition coefficient (Wildman–Crippen LogP) is 1.52. The van der Waals surface area contributed by atoms with E-state index in [1.807, 2.05) is 12.1 Å². The standard InChI is InChI=1S/C10H9BrN2O/c11-8-2-3-9-7(5-12)1-4-10(14)13(9)6-8/h1-4,6H,5,12H2. The molecule has 0 bridgehead atoms. The molecule has 0 aromatic carbocycles. The quantitative estimate of drug-likeness (QED) is 0.837. The number of fused-ring (bicyclic) bond motifs is 1. The van der Waals surface area contributed by atoms with Crippen molar-refractivity contribution >= 4 is 21.4 Å². The van der Waals surface area contributed by atoms with Crippen molar-refractivity contribution in [2.45, 2.75) is 6.54 Å². The van der Waals surface area contributed by atoms with Crippen LogP contribution in [0.5, 0.6) is 0 Å². The minimum absolute atomic E-state index is 0.0431. The fourth-order valence-electron chi connectivity index (χ4n) is 1.43. The second-order valence-electron chi connectivity index (χ2n) is 3.00. The van der Waals surface area contributed by atoms with Crippen molar-refractivity contribution in [3.05, 3.63) is 50.9 Å². The Balaban J connectivity index is 2.91. The number of pyridine rings is 2. The molecule has 0 unspecified atom stereocenters. The number of nitrogens with two attached hydrogens (primary N) is 1.